The zero-order valence-corrected chi connectivity index (χ0v) is 11.4. The second-order valence-corrected chi connectivity index (χ2v) is 4.73. The highest BCUT2D eigenvalue weighted by Crippen LogP contribution is 2.34. The van der Waals surface area contributed by atoms with Gasteiger partial charge in [-0.1, -0.05) is 12.1 Å². The molecule has 5 nitrogen and oxygen atoms in total. The maximum atomic E-state index is 11.3. The molecule has 90 valence electrons. The van der Waals surface area contributed by atoms with E-state index in [2.05, 4.69) is 20.0 Å². The fraction of sp³-hybridized carbons (Fsp3) is 0.800. The van der Waals surface area contributed by atoms with Gasteiger partial charge in [0.2, 0.25) is 0 Å². The third-order valence-corrected chi connectivity index (χ3v) is 3.76. The van der Waals surface area contributed by atoms with Crippen LogP contribution in [0.25, 0.3) is 0 Å². The van der Waals surface area contributed by atoms with Crippen molar-refractivity contribution in [2.75, 3.05) is 19.6 Å². The molecule has 0 bridgehead atoms. The second kappa shape index (κ2) is 4.87. The molecule has 0 aromatic rings. The second-order valence-electron chi connectivity index (χ2n) is 4.29. The van der Waals surface area contributed by atoms with Crippen LogP contribution in [-0.2, 0) is 12.7 Å². The Hall–Kier alpha value is -0.370. The van der Waals surface area contributed by atoms with E-state index in [0.29, 0.717) is 12.1 Å². The van der Waals surface area contributed by atoms with Crippen LogP contribution in [0.15, 0.2) is 5.16 Å². The first kappa shape index (κ1) is 12.1. The van der Waals surface area contributed by atoms with Gasteiger partial charge >= 0.3 is 5.97 Å². The lowest BCUT2D eigenvalue weighted by Crippen LogP contribution is -2.44. The molecular formula is C10H15IN2O3. The Balaban J connectivity index is 1.93. The molecule has 0 unspecified atom stereocenters. The molecule has 0 aromatic heterocycles. The molecule has 0 aliphatic carbocycles. The van der Waals surface area contributed by atoms with Crippen LogP contribution < -0.4 is 0 Å². The van der Waals surface area contributed by atoms with E-state index in [1.165, 1.54) is 0 Å². The highest BCUT2D eigenvalue weighted by molar-refractivity contribution is 14.1. The fourth-order valence-electron chi connectivity index (χ4n) is 2.22. The Morgan fingerprint density at radius 2 is 2.31 bits per heavy atom. The predicted octanol–water partition coefficient (Wildman–Crippen LogP) is 1.51. The Morgan fingerprint density at radius 1 is 1.62 bits per heavy atom. The molecule has 2 rings (SSSR count). The van der Waals surface area contributed by atoms with Crippen LogP contribution in [0.3, 0.4) is 0 Å². The number of oxime groups is 1. The standard InChI is InChI=1S/C10H15IN2O3/c1-2-13-5-3-10(4-6-13)7-8(12-16-10)9(14)15-11/h2-7H2,1H3. The average Bonchev–Trinajstić information content (AvgIpc) is 2.73. The quantitative estimate of drug-likeness (QED) is 0.717. The minimum Gasteiger partial charge on any atom is -0.390 e. The first-order chi connectivity index (χ1) is 7.69. The van der Waals surface area contributed by atoms with Gasteiger partial charge in [-0.25, -0.2) is 4.79 Å². The van der Waals surface area contributed by atoms with Crippen molar-refractivity contribution in [3.8, 4) is 0 Å². The SMILES string of the molecule is CCN1CCC2(CC1)CC(C(=O)OI)=NO2. The third kappa shape index (κ3) is 2.32. The molecule has 2 heterocycles. The van der Waals surface area contributed by atoms with Gasteiger partial charge in [0.15, 0.2) is 28.7 Å². The van der Waals surface area contributed by atoms with E-state index in [9.17, 15) is 4.79 Å². The van der Waals surface area contributed by atoms with E-state index in [1.54, 1.807) is 23.0 Å². The first-order valence-electron chi connectivity index (χ1n) is 5.49. The lowest BCUT2D eigenvalue weighted by atomic mass is 9.87. The minimum absolute atomic E-state index is 0.244. The monoisotopic (exact) mass is 338 g/mol. The summed E-state index contributed by atoms with van der Waals surface area (Å²) in [5, 5.41) is 3.85. The number of rotatable bonds is 2. The summed E-state index contributed by atoms with van der Waals surface area (Å²) in [5.74, 6) is -0.379. The van der Waals surface area contributed by atoms with Crippen molar-refractivity contribution in [3.05, 3.63) is 0 Å². The van der Waals surface area contributed by atoms with Gasteiger partial charge in [0, 0.05) is 32.4 Å². The summed E-state index contributed by atoms with van der Waals surface area (Å²) in [7, 11) is 0. The largest absolute Gasteiger partial charge is 0.390 e. The maximum Gasteiger partial charge on any atom is 0.365 e. The van der Waals surface area contributed by atoms with Crippen molar-refractivity contribution >= 4 is 34.7 Å². The number of nitrogens with zero attached hydrogens (tertiary/aromatic N) is 2. The van der Waals surface area contributed by atoms with Crippen LogP contribution in [0.1, 0.15) is 26.2 Å². The highest BCUT2D eigenvalue weighted by atomic mass is 127. The number of likely N-dealkylation sites (tertiary alicyclic amines) is 1. The topological polar surface area (TPSA) is 51.1 Å². The zero-order chi connectivity index (χ0) is 11.6. The molecule has 0 atom stereocenters. The van der Waals surface area contributed by atoms with E-state index >= 15 is 0 Å². The summed E-state index contributed by atoms with van der Waals surface area (Å²) < 4.78 is 4.62. The maximum absolute atomic E-state index is 11.3. The smallest absolute Gasteiger partial charge is 0.365 e. The zero-order valence-electron chi connectivity index (χ0n) is 9.24. The molecule has 0 aromatic carbocycles. The van der Waals surface area contributed by atoms with Crippen LogP contribution in [-0.4, -0.2) is 41.8 Å². The van der Waals surface area contributed by atoms with Crippen molar-refractivity contribution in [1.29, 1.82) is 0 Å². The molecule has 0 amide bonds. The summed E-state index contributed by atoms with van der Waals surface area (Å²) in [6.45, 7) is 5.25. The Kier molecular flexibility index (Phi) is 3.68. The lowest BCUT2D eigenvalue weighted by Gasteiger charge is -2.36. The van der Waals surface area contributed by atoms with Crippen LogP contribution in [0, 0.1) is 0 Å². The molecule has 1 spiro atoms. The molecule has 1 fully saturated rings. The molecule has 6 heteroatoms. The summed E-state index contributed by atoms with van der Waals surface area (Å²) in [4.78, 5) is 19.2. The third-order valence-electron chi connectivity index (χ3n) is 3.36. The number of hydrogen-bond acceptors (Lipinski definition) is 5. The average molecular weight is 338 g/mol. The van der Waals surface area contributed by atoms with Crippen molar-refractivity contribution in [3.63, 3.8) is 0 Å². The van der Waals surface area contributed by atoms with Crippen molar-refractivity contribution in [2.24, 2.45) is 5.16 Å². The van der Waals surface area contributed by atoms with E-state index in [0.717, 1.165) is 32.5 Å². The van der Waals surface area contributed by atoms with E-state index < -0.39 is 0 Å². The van der Waals surface area contributed by atoms with Gasteiger partial charge in [-0.05, 0) is 6.54 Å². The van der Waals surface area contributed by atoms with Gasteiger partial charge in [0.1, 0.15) is 5.60 Å². The molecule has 0 saturated carbocycles. The first-order valence-corrected chi connectivity index (χ1v) is 6.37. The number of piperidine rings is 1. The van der Waals surface area contributed by atoms with E-state index in [1.807, 2.05) is 0 Å². The lowest BCUT2D eigenvalue weighted by molar-refractivity contribution is -0.124. The number of hydrogen-bond donors (Lipinski definition) is 0. The minimum atomic E-state index is -0.379. The summed E-state index contributed by atoms with van der Waals surface area (Å²) in [6.07, 6.45) is 2.46. The Labute approximate surface area is 109 Å². The summed E-state index contributed by atoms with van der Waals surface area (Å²) >= 11 is 1.58. The number of halogens is 1. The van der Waals surface area contributed by atoms with Gasteiger partial charge in [0.05, 0.1) is 0 Å². The predicted molar refractivity (Wildman–Crippen MR) is 67.3 cm³/mol. The van der Waals surface area contributed by atoms with Crippen molar-refractivity contribution in [2.45, 2.75) is 31.8 Å². The van der Waals surface area contributed by atoms with Gasteiger partial charge < -0.3 is 12.8 Å². The number of carbonyl (C=O) groups is 1. The highest BCUT2D eigenvalue weighted by Gasteiger charge is 2.43. The number of carbonyl (C=O) groups excluding carboxylic acids is 1. The molecule has 2 aliphatic heterocycles. The van der Waals surface area contributed by atoms with Gasteiger partial charge in [0.25, 0.3) is 0 Å². The summed E-state index contributed by atoms with van der Waals surface area (Å²) in [5.41, 5.74) is 0.172. The molecule has 1 saturated heterocycles. The van der Waals surface area contributed by atoms with Crippen LogP contribution in [0.5, 0.6) is 0 Å². The van der Waals surface area contributed by atoms with Crippen LogP contribution >= 0.6 is 23.0 Å². The fourth-order valence-corrected chi connectivity index (χ4v) is 2.47. The van der Waals surface area contributed by atoms with Crippen LogP contribution in [0.4, 0.5) is 0 Å². The molecule has 2 aliphatic rings. The van der Waals surface area contributed by atoms with E-state index in [4.69, 9.17) is 4.84 Å². The van der Waals surface area contributed by atoms with Crippen LogP contribution in [0.2, 0.25) is 0 Å². The Bertz CT molecular complexity index is 311. The van der Waals surface area contributed by atoms with Gasteiger partial charge in [-0.3, -0.25) is 0 Å². The molecule has 0 radical (unpaired) electrons. The molecular weight excluding hydrogens is 323 g/mol. The van der Waals surface area contributed by atoms with Gasteiger partial charge in [-0.2, -0.15) is 0 Å². The molecule has 0 N–H and O–H groups in total. The van der Waals surface area contributed by atoms with Crippen molar-refractivity contribution in [1.82, 2.24) is 4.90 Å². The summed E-state index contributed by atoms with van der Waals surface area (Å²) in [6, 6.07) is 0. The van der Waals surface area contributed by atoms with E-state index in [-0.39, 0.29) is 11.6 Å². The van der Waals surface area contributed by atoms with Crippen molar-refractivity contribution < 1.29 is 12.7 Å². The van der Waals surface area contributed by atoms with Gasteiger partial charge in [-0.15, -0.1) is 0 Å². The molecule has 16 heavy (non-hydrogen) atoms. The normalized spacial score (nSPS) is 24.0. The Morgan fingerprint density at radius 3 is 2.88 bits per heavy atom.